The molecule has 0 bridgehead atoms. The van der Waals surface area contributed by atoms with Crippen LogP contribution in [-0.2, 0) is 16.0 Å². The minimum atomic E-state index is -0.408. The van der Waals surface area contributed by atoms with Gasteiger partial charge in [-0.2, -0.15) is 0 Å². The van der Waals surface area contributed by atoms with Gasteiger partial charge in [0.25, 0.3) is 0 Å². The van der Waals surface area contributed by atoms with Crippen LogP contribution in [0.2, 0.25) is 0 Å². The van der Waals surface area contributed by atoms with E-state index >= 15 is 0 Å². The highest BCUT2D eigenvalue weighted by Gasteiger charge is 2.28. The Morgan fingerprint density at radius 3 is 2.44 bits per heavy atom. The summed E-state index contributed by atoms with van der Waals surface area (Å²) in [4.78, 5) is 24.4. The fourth-order valence-corrected chi connectivity index (χ4v) is 3.14. The molecule has 1 aromatic carbocycles. The van der Waals surface area contributed by atoms with Gasteiger partial charge in [0.2, 0.25) is 5.78 Å². The molecule has 0 radical (unpaired) electrons. The predicted molar refractivity (Wildman–Crippen MR) is 94.2 cm³/mol. The monoisotopic (exact) mass is 341 g/mol. The molecule has 5 nitrogen and oxygen atoms in total. The molecule has 1 heterocycles. The van der Waals surface area contributed by atoms with Gasteiger partial charge in [0.15, 0.2) is 6.61 Å². The summed E-state index contributed by atoms with van der Waals surface area (Å²) in [7, 11) is 1.59. The first-order valence-electron chi connectivity index (χ1n) is 8.49. The number of ketones is 1. The van der Waals surface area contributed by atoms with Crippen LogP contribution in [0, 0.1) is 13.8 Å². The molecular formula is C20H23NO4. The lowest BCUT2D eigenvalue weighted by atomic mass is 10.1. The summed E-state index contributed by atoms with van der Waals surface area (Å²) in [6.45, 7) is 3.75. The smallest absolute Gasteiger partial charge is 0.310 e. The number of nitrogens with zero attached hydrogens (tertiary/aromatic N) is 1. The van der Waals surface area contributed by atoms with E-state index in [-0.39, 0.29) is 18.8 Å². The quantitative estimate of drug-likeness (QED) is 0.572. The molecule has 1 aliphatic carbocycles. The number of hydrogen-bond acceptors (Lipinski definition) is 4. The van der Waals surface area contributed by atoms with Gasteiger partial charge in [-0.3, -0.25) is 9.59 Å². The van der Waals surface area contributed by atoms with Crippen molar-refractivity contribution in [1.29, 1.82) is 0 Å². The third-order valence-electron chi connectivity index (χ3n) is 4.57. The van der Waals surface area contributed by atoms with Crippen molar-refractivity contribution in [1.82, 2.24) is 4.57 Å². The minimum absolute atomic E-state index is 0.137. The lowest BCUT2D eigenvalue weighted by Gasteiger charge is -2.08. The van der Waals surface area contributed by atoms with Gasteiger partial charge in [0.1, 0.15) is 5.75 Å². The van der Waals surface area contributed by atoms with Crippen LogP contribution >= 0.6 is 0 Å². The van der Waals surface area contributed by atoms with Crippen LogP contribution in [0.4, 0.5) is 0 Å². The number of ether oxygens (including phenoxy) is 2. The van der Waals surface area contributed by atoms with E-state index in [0.29, 0.717) is 11.6 Å². The second-order valence-corrected chi connectivity index (χ2v) is 6.49. The molecule has 0 saturated heterocycles. The maximum Gasteiger partial charge on any atom is 0.310 e. The topological polar surface area (TPSA) is 57.5 Å². The predicted octanol–water partition coefficient (Wildman–Crippen LogP) is 3.42. The SMILES string of the molecule is COc1ccc(CC(=O)OCC(=O)c2cc(C)n(C3CC3)c2C)cc1. The molecule has 2 aromatic rings. The zero-order chi connectivity index (χ0) is 18.0. The second kappa shape index (κ2) is 7.13. The Labute approximate surface area is 147 Å². The van der Waals surface area contributed by atoms with Crippen molar-refractivity contribution in [3.8, 4) is 5.75 Å². The molecule has 5 heteroatoms. The highest BCUT2D eigenvalue weighted by molar-refractivity contribution is 5.99. The summed E-state index contributed by atoms with van der Waals surface area (Å²) in [6.07, 6.45) is 2.47. The Hall–Kier alpha value is -2.56. The number of Topliss-reactive ketones (excluding diaryl/α,β-unsaturated/α-hetero) is 1. The molecule has 1 fully saturated rings. The van der Waals surface area contributed by atoms with Crippen LogP contribution < -0.4 is 4.74 Å². The maximum absolute atomic E-state index is 12.4. The number of esters is 1. The molecule has 132 valence electrons. The van der Waals surface area contributed by atoms with E-state index in [9.17, 15) is 9.59 Å². The normalized spacial score (nSPS) is 13.6. The number of hydrogen-bond donors (Lipinski definition) is 0. The first kappa shape index (κ1) is 17.3. The van der Waals surface area contributed by atoms with Crippen LogP contribution in [0.15, 0.2) is 30.3 Å². The van der Waals surface area contributed by atoms with Gasteiger partial charge in [-0.15, -0.1) is 0 Å². The van der Waals surface area contributed by atoms with E-state index in [2.05, 4.69) is 4.57 Å². The summed E-state index contributed by atoms with van der Waals surface area (Å²) in [5.41, 5.74) is 3.54. The molecular weight excluding hydrogens is 318 g/mol. The second-order valence-electron chi connectivity index (χ2n) is 6.49. The van der Waals surface area contributed by atoms with Crippen molar-refractivity contribution in [2.75, 3.05) is 13.7 Å². The van der Waals surface area contributed by atoms with Crippen molar-refractivity contribution < 1.29 is 19.1 Å². The minimum Gasteiger partial charge on any atom is -0.497 e. The third-order valence-corrected chi connectivity index (χ3v) is 4.57. The molecule has 3 rings (SSSR count). The van der Waals surface area contributed by atoms with Gasteiger partial charge in [0.05, 0.1) is 13.5 Å². The Bertz CT molecular complexity index is 785. The van der Waals surface area contributed by atoms with E-state index in [1.807, 2.05) is 32.0 Å². The zero-order valence-corrected chi connectivity index (χ0v) is 14.9. The van der Waals surface area contributed by atoms with Crippen LogP contribution in [-0.4, -0.2) is 30.0 Å². The number of benzene rings is 1. The Morgan fingerprint density at radius 2 is 1.84 bits per heavy atom. The fourth-order valence-electron chi connectivity index (χ4n) is 3.14. The molecule has 0 amide bonds. The van der Waals surface area contributed by atoms with Crippen LogP contribution in [0.1, 0.15) is 46.2 Å². The van der Waals surface area contributed by atoms with Gasteiger partial charge in [-0.05, 0) is 50.5 Å². The summed E-state index contributed by atoms with van der Waals surface area (Å²) in [6, 6.07) is 9.63. The van der Waals surface area contributed by atoms with Gasteiger partial charge < -0.3 is 14.0 Å². The van der Waals surface area contributed by atoms with Crippen LogP contribution in [0.5, 0.6) is 5.75 Å². The van der Waals surface area contributed by atoms with Crippen molar-refractivity contribution in [3.05, 3.63) is 52.8 Å². The molecule has 1 saturated carbocycles. The first-order valence-corrected chi connectivity index (χ1v) is 8.49. The number of aryl methyl sites for hydroxylation is 1. The molecule has 25 heavy (non-hydrogen) atoms. The summed E-state index contributed by atoms with van der Waals surface area (Å²) in [5.74, 6) is 0.177. The average molecular weight is 341 g/mol. The van der Waals surface area contributed by atoms with Gasteiger partial charge >= 0.3 is 5.97 Å². The van der Waals surface area contributed by atoms with Gasteiger partial charge in [-0.25, -0.2) is 0 Å². The van der Waals surface area contributed by atoms with Gasteiger partial charge in [0, 0.05) is 23.0 Å². The lowest BCUT2D eigenvalue weighted by Crippen LogP contribution is -2.16. The van der Waals surface area contributed by atoms with Crippen LogP contribution in [0.3, 0.4) is 0 Å². The zero-order valence-electron chi connectivity index (χ0n) is 14.9. The fraction of sp³-hybridized carbons (Fsp3) is 0.400. The van der Waals surface area contributed by atoms with Crippen molar-refractivity contribution in [2.24, 2.45) is 0 Å². The van der Waals surface area contributed by atoms with E-state index in [0.717, 1.165) is 22.7 Å². The van der Waals surface area contributed by atoms with Crippen molar-refractivity contribution in [3.63, 3.8) is 0 Å². The average Bonchev–Trinajstić information content (AvgIpc) is 3.38. The largest absolute Gasteiger partial charge is 0.497 e. The lowest BCUT2D eigenvalue weighted by molar-refractivity contribution is -0.141. The Morgan fingerprint density at radius 1 is 1.16 bits per heavy atom. The van der Waals surface area contributed by atoms with E-state index < -0.39 is 5.97 Å². The Balaban J connectivity index is 1.56. The van der Waals surface area contributed by atoms with Crippen molar-refractivity contribution >= 4 is 11.8 Å². The highest BCUT2D eigenvalue weighted by Crippen LogP contribution is 2.38. The number of aromatic nitrogens is 1. The van der Waals surface area contributed by atoms with Gasteiger partial charge in [-0.1, -0.05) is 12.1 Å². The maximum atomic E-state index is 12.4. The van der Waals surface area contributed by atoms with Crippen LogP contribution in [0.25, 0.3) is 0 Å². The molecule has 0 atom stereocenters. The molecule has 1 aliphatic rings. The molecule has 0 spiro atoms. The van der Waals surface area contributed by atoms with E-state index in [1.165, 1.54) is 12.8 Å². The summed E-state index contributed by atoms with van der Waals surface area (Å²) >= 11 is 0. The standard InChI is InChI=1S/C20H23NO4/c1-13-10-18(14(2)21(13)16-6-7-16)19(22)12-25-20(23)11-15-4-8-17(24-3)9-5-15/h4-5,8-10,16H,6-7,11-12H2,1-3H3. The van der Waals surface area contributed by atoms with E-state index in [1.54, 1.807) is 19.2 Å². The summed E-state index contributed by atoms with van der Waals surface area (Å²) in [5, 5.41) is 0. The molecule has 0 aliphatic heterocycles. The molecule has 0 unspecified atom stereocenters. The number of methoxy groups -OCH3 is 1. The third kappa shape index (κ3) is 3.92. The Kier molecular flexibility index (Phi) is 4.93. The number of carbonyl (C=O) groups excluding carboxylic acids is 2. The number of rotatable bonds is 7. The first-order chi connectivity index (χ1) is 12.0. The highest BCUT2D eigenvalue weighted by atomic mass is 16.5. The summed E-state index contributed by atoms with van der Waals surface area (Å²) < 4.78 is 12.5. The molecule has 1 aromatic heterocycles. The molecule has 0 N–H and O–H groups in total. The van der Waals surface area contributed by atoms with E-state index in [4.69, 9.17) is 9.47 Å². The van der Waals surface area contributed by atoms with Crippen molar-refractivity contribution in [2.45, 2.75) is 39.2 Å². The number of carbonyl (C=O) groups is 2.